The third-order valence-electron chi connectivity index (χ3n) is 5.61. The molecule has 1 N–H and O–H groups in total. The number of aryl methyl sites for hydroxylation is 1. The van der Waals surface area contributed by atoms with Gasteiger partial charge in [-0.1, -0.05) is 29.8 Å². The Morgan fingerprint density at radius 2 is 1.94 bits per heavy atom. The number of ether oxygens (including phenoxy) is 2. The molecule has 1 aliphatic rings. The minimum atomic E-state index is -0.137. The second-order valence-corrected chi connectivity index (χ2v) is 8.19. The third kappa shape index (κ3) is 5.18. The monoisotopic (exact) mass is 434 g/mol. The molecule has 0 saturated carbocycles. The Morgan fingerprint density at radius 1 is 1.19 bits per heavy atom. The zero-order valence-corrected chi connectivity index (χ0v) is 18.9. The molecule has 1 atom stereocenters. The molecule has 1 saturated heterocycles. The number of methoxy groups -OCH3 is 1. The lowest BCUT2D eigenvalue weighted by Gasteiger charge is -2.29. The van der Waals surface area contributed by atoms with Crippen LogP contribution in [0.2, 0.25) is 0 Å². The summed E-state index contributed by atoms with van der Waals surface area (Å²) in [6.45, 7) is 8.12. The maximum absolute atomic E-state index is 13.3. The van der Waals surface area contributed by atoms with Crippen molar-refractivity contribution in [2.24, 2.45) is 0 Å². The Morgan fingerprint density at radius 3 is 2.66 bits per heavy atom. The third-order valence-corrected chi connectivity index (χ3v) is 5.61. The van der Waals surface area contributed by atoms with Crippen LogP contribution in [0.15, 0.2) is 54.7 Å². The van der Waals surface area contributed by atoms with E-state index >= 15 is 0 Å². The van der Waals surface area contributed by atoms with Gasteiger partial charge in [-0.05, 0) is 38.1 Å². The molecule has 7 nitrogen and oxygen atoms in total. The van der Waals surface area contributed by atoms with Crippen LogP contribution in [0.25, 0.3) is 16.9 Å². The van der Waals surface area contributed by atoms with Crippen molar-refractivity contribution in [3.05, 3.63) is 65.9 Å². The maximum Gasteiger partial charge on any atom is 0.255 e. The highest BCUT2D eigenvalue weighted by molar-refractivity contribution is 6.00. The SMILES string of the molecule is COc1cccc(-c2nn(-c3ccc(C)cc3)cc2C(=O)NC(C)CN2CCOCC2)c1. The van der Waals surface area contributed by atoms with E-state index in [0.717, 1.165) is 49.8 Å². The molecule has 1 unspecified atom stereocenters. The van der Waals surface area contributed by atoms with Gasteiger partial charge in [0.25, 0.3) is 5.91 Å². The number of carbonyl (C=O) groups excluding carboxylic acids is 1. The molecule has 0 aliphatic carbocycles. The molecule has 168 valence electrons. The van der Waals surface area contributed by atoms with E-state index in [1.165, 1.54) is 5.56 Å². The van der Waals surface area contributed by atoms with Crippen molar-refractivity contribution in [2.45, 2.75) is 19.9 Å². The first-order valence-electron chi connectivity index (χ1n) is 11.0. The number of nitrogens with zero attached hydrogens (tertiary/aromatic N) is 3. The summed E-state index contributed by atoms with van der Waals surface area (Å²) >= 11 is 0. The first-order chi connectivity index (χ1) is 15.5. The van der Waals surface area contributed by atoms with Crippen molar-refractivity contribution < 1.29 is 14.3 Å². The second-order valence-electron chi connectivity index (χ2n) is 8.19. The van der Waals surface area contributed by atoms with Gasteiger partial charge in [-0.2, -0.15) is 5.10 Å². The molecule has 2 heterocycles. The van der Waals surface area contributed by atoms with E-state index in [2.05, 4.69) is 10.2 Å². The van der Waals surface area contributed by atoms with Crippen LogP contribution in [-0.2, 0) is 4.74 Å². The molecule has 4 rings (SSSR count). The van der Waals surface area contributed by atoms with E-state index in [-0.39, 0.29) is 11.9 Å². The molecule has 1 amide bonds. The van der Waals surface area contributed by atoms with Crippen molar-refractivity contribution in [1.29, 1.82) is 0 Å². The molecule has 0 radical (unpaired) electrons. The fourth-order valence-electron chi connectivity index (χ4n) is 3.87. The van der Waals surface area contributed by atoms with E-state index in [1.807, 2.05) is 62.4 Å². The molecule has 32 heavy (non-hydrogen) atoms. The molecule has 0 bridgehead atoms. The maximum atomic E-state index is 13.3. The zero-order valence-electron chi connectivity index (χ0n) is 18.9. The number of nitrogens with one attached hydrogen (secondary N) is 1. The Hall–Kier alpha value is -3.16. The Kier molecular flexibility index (Phi) is 6.87. The lowest BCUT2D eigenvalue weighted by Crippen LogP contribution is -2.46. The molecule has 2 aromatic carbocycles. The summed E-state index contributed by atoms with van der Waals surface area (Å²) in [5, 5.41) is 7.92. The minimum absolute atomic E-state index is 0.00137. The van der Waals surface area contributed by atoms with Crippen molar-refractivity contribution in [3.8, 4) is 22.7 Å². The molecule has 7 heteroatoms. The Balaban J connectivity index is 1.62. The summed E-state index contributed by atoms with van der Waals surface area (Å²) < 4.78 is 12.6. The van der Waals surface area contributed by atoms with Crippen LogP contribution in [0.1, 0.15) is 22.8 Å². The Bertz CT molecular complexity index is 1060. The van der Waals surface area contributed by atoms with Gasteiger partial charge in [-0.3, -0.25) is 9.69 Å². The molecular formula is C25H30N4O3. The van der Waals surface area contributed by atoms with Gasteiger partial charge in [-0.25, -0.2) is 4.68 Å². The van der Waals surface area contributed by atoms with E-state index in [4.69, 9.17) is 14.6 Å². The number of morpholine rings is 1. The molecule has 1 aliphatic heterocycles. The molecule has 0 spiro atoms. The Labute approximate surface area is 188 Å². The predicted octanol–water partition coefficient (Wildman–Crippen LogP) is 3.31. The van der Waals surface area contributed by atoms with E-state index in [0.29, 0.717) is 11.3 Å². The van der Waals surface area contributed by atoms with Gasteiger partial charge in [0.2, 0.25) is 0 Å². The molecule has 3 aromatic rings. The normalized spacial score (nSPS) is 15.3. The quantitative estimate of drug-likeness (QED) is 0.618. The van der Waals surface area contributed by atoms with E-state index in [1.54, 1.807) is 18.0 Å². The second kappa shape index (κ2) is 9.97. The van der Waals surface area contributed by atoms with Crippen LogP contribution in [-0.4, -0.2) is 66.6 Å². The van der Waals surface area contributed by atoms with Gasteiger partial charge in [0, 0.05) is 37.4 Å². The van der Waals surface area contributed by atoms with Gasteiger partial charge < -0.3 is 14.8 Å². The molecule has 1 fully saturated rings. The first kappa shape index (κ1) is 22.0. The van der Waals surface area contributed by atoms with Crippen molar-refractivity contribution in [1.82, 2.24) is 20.0 Å². The predicted molar refractivity (Wildman–Crippen MR) is 124 cm³/mol. The number of amides is 1. The topological polar surface area (TPSA) is 68.6 Å². The number of hydrogen-bond donors (Lipinski definition) is 1. The van der Waals surface area contributed by atoms with Crippen molar-refractivity contribution in [2.75, 3.05) is 40.0 Å². The number of carbonyl (C=O) groups is 1. The van der Waals surface area contributed by atoms with E-state index in [9.17, 15) is 4.79 Å². The number of benzene rings is 2. The smallest absolute Gasteiger partial charge is 0.255 e. The van der Waals surface area contributed by atoms with Crippen LogP contribution < -0.4 is 10.1 Å². The van der Waals surface area contributed by atoms with Crippen LogP contribution in [0.3, 0.4) is 0 Å². The first-order valence-corrected chi connectivity index (χ1v) is 11.0. The van der Waals surface area contributed by atoms with E-state index < -0.39 is 0 Å². The van der Waals surface area contributed by atoms with Gasteiger partial charge in [0.05, 0.1) is 31.6 Å². The highest BCUT2D eigenvalue weighted by Gasteiger charge is 2.22. The summed E-state index contributed by atoms with van der Waals surface area (Å²) in [5.41, 5.74) is 4.07. The van der Waals surface area contributed by atoms with Crippen LogP contribution >= 0.6 is 0 Å². The summed E-state index contributed by atoms with van der Waals surface area (Å²) in [6, 6.07) is 15.7. The van der Waals surface area contributed by atoms with Crippen LogP contribution in [0, 0.1) is 6.92 Å². The fraction of sp³-hybridized carbons (Fsp3) is 0.360. The highest BCUT2D eigenvalue weighted by Crippen LogP contribution is 2.27. The average molecular weight is 435 g/mol. The van der Waals surface area contributed by atoms with Gasteiger partial charge >= 0.3 is 0 Å². The average Bonchev–Trinajstić information content (AvgIpc) is 3.26. The van der Waals surface area contributed by atoms with Crippen molar-refractivity contribution in [3.63, 3.8) is 0 Å². The summed E-state index contributed by atoms with van der Waals surface area (Å²) in [7, 11) is 1.63. The highest BCUT2D eigenvalue weighted by atomic mass is 16.5. The van der Waals surface area contributed by atoms with Gasteiger partial charge in [0.15, 0.2) is 0 Å². The van der Waals surface area contributed by atoms with Crippen molar-refractivity contribution >= 4 is 5.91 Å². The number of aromatic nitrogens is 2. The number of hydrogen-bond acceptors (Lipinski definition) is 5. The van der Waals surface area contributed by atoms with Crippen LogP contribution in [0.5, 0.6) is 5.75 Å². The zero-order chi connectivity index (χ0) is 22.5. The largest absolute Gasteiger partial charge is 0.497 e. The molecular weight excluding hydrogens is 404 g/mol. The lowest BCUT2D eigenvalue weighted by atomic mass is 10.1. The lowest BCUT2D eigenvalue weighted by molar-refractivity contribution is 0.0342. The summed E-state index contributed by atoms with van der Waals surface area (Å²) in [6.07, 6.45) is 1.80. The van der Waals surface area contributed by atoms with Crippen LogP contribution in [0.4, 0.5) is 0 Å². The fourth-order valence-corrected chi connectivity index (χ4v) is 3.87. The molecule has 1 aromatic heterocycles. The van der Waals surface area contributed by atoms with Gasteiger partial charge in [-0.15, -0.1) is 0 Å². The number of rotatable bonds is 7. The standard InChI is InChI=1S/C25H30N4O3/c1-18-7-9-21(10-8-18)29-17-23(24(27-29)20-5-4-6-22(15-20)31-3)25(30)26-19(2)16-28-11-13-32-14-12-28/h4-10,15,17,19H,11-14,16H2,1-3H3,(H,26,30). The minimum Gasteiger partial charge on any atom is -0.497 e. The summed E-state index contributed by atoms with van der Waals surface area (Å²) in [5.74, 6) is 0.585. The summed E-state index contributed by atoms with van der Waals surface area (Å²) in [4.78, 5) is 15.6. The van der Waals surface area contributed by atoms with Gasteiger partial charge in [0.1, 0.15) is 11.4 Å².